The Morgan fingerprint density at radius 1 is 1.29 bits per heavy atom. The second kappa shape index (κ2) is 5.03. The van der Waals surface area contributed by atoms with Crippen LogP contribution in [0.2, 0.25) is 0 Å². The molecule has 1 aromatic rings. The van der Waals surface area contributed by atoms with E-state index in [1.807, 2.05) is 0 Å². The fourth-order valence-electron chi connectivity index (χ4n) is 1.96. The molecule has 4 nitrogen and oxygen atoms in total. The molecular formula is C10H14F3N3O. The van der Waals surface area contributed by atoms with Gasteiger partial charge in [0.05, 0.1) is 0 Å². The molecule has 2 heterocycles. The van der Waals surface area contributed by atoms with Crippen LogP contribution in [0.5, 0.6) is 0 Å². The topological polar surface area (TPSA) is 51.0 Å². The number of nitrogens with zero attached hydrogens (tertiary/aromatic N) is 2. The number of hydrogen-bond donors (Lipinski definition) is 1. The molecule has 1 N–H and O–H groups in total. The van der Waals surface area contributed by atoms with Gasteiger partial charge < -0.3 is 9.84 Å². The Morgan fingerprint density at radius 3 is 2.65 bits per heavy atom. The van der Waals surface area contributed by atoms with Gasteiger partial charge in [0, 0.05) is 6.42 Å². The zero-order valence-corrected chi connectivity index (χ0v) is 9.26. The highest BCUT2D eigenvalue weighted by atomic mass is 19.4. The highest BCUT2D eigenvalue weighted by molar-refractivity contribution is 4.90. The van der Waals surface area contributed by atoms with Crippen LogP contribution in [0, 0.1) is 5.92 Å². The Morgan fingerprint density at radius 2 is 2.00 bits per heavy atom. The van der Waals surface area contributed by atoms with E-state index in [4.69, 9.17) is 4.52 Å². The minimum absolute atomic E-state index is 0.276. The average molecular weight is 249 g/mol. The van der Waals surface area contributed by atoms with Crippen molar-refractivity contribution < 1.29 is 17.7 Å². The van der Waals surface area contributed by atoms with Crippen molar-refractivity contribution in [2.24, 2.45) is 5.92 Å². The molecule has 1 saturated heterocycles. The van der Waals surface area contributed by atoms with Gasteiger partial charge in [-0.1, -0.05) is 5.16 Å². The minimum atomic E-state index is -4.28. The van der Waals surface area contributed by atoms with Crippen molar-refractivity contribution in [3.63, 3.8) is 0 Å². The molecule has 0 saturated carbocycles. The predicted octanol–water partition coefficient (Wildman–Crippen LogP) is 1.72. The van der Waals surface area contributed by atoms with E-state index in [2.05, 4.69) is 15.5 Å². The summed E-state index contributed by atoms with van der Waals surface area (Å²) in [6, 6.07) is 0. The summed E-state index contributed by atoms with van der Waals surface area (Å²) < 4.78 is 41.1. The maximum atomic E-state index is 12.1. The first-order valence-corrected chi connectivity index (χ1v) is 5.62. The van der Waals surface area contributed by atoms with Crippen LogP contribution in [0.25, 0.3) is 0 Å². The van der Waals surface area contributed by atoms with E-state index in [1.165, 1.54) is 0 Å². The molecule has 0 bridgehead atoms. The van der Waals surface area contributed by atoms with Gasteiger partial charge in [0.15, 0.2) is 5.82 Å². The Bertz CT molecular complexity index is 358. The lowest BCUT2D eigenvalue weighted by atomic mass is 9.95. The third-order valence-electron chi connectivity index (χ3n) is 2.79. The van der Waals surface area contributed by atoms with Crippen LogP contribution in [-0.4, -0.2) is 29.4 Å². The second-order valence-corrected chi connectivity index (χ2v) is 4.29. The Balaban J connectivity index is 1.89. The standard InChI is InChI=1S/C10H14F3N3O/c11-10(12,13)6-8-15-9(17-16-8)5-7-1-3-14-4-2-7/h7,14H,1-6H2. The van der Waals surface area contributed by atoms with E-state index in [0.29, 0.717) is 18.2 Å². The quantitative estimate of drug-likeness (QED) is 0.886. The molecule has 0 atom stereocenters. The zero-order chi connectivity index (χ0) is 12.3. The monoisotopic (exact) mass is 249 g/mol. The molecule has 0 aliphatic carbocycles. The lowest BCUT2D eigenvalue weighted by molar-refractivity contribution is -0.128. The van der Waals surface area contributed by atoms with Crippen LogP contribution in [0.15, 0.2) is 4.52 Å². The SMILES string of the molecule is FC(F)(F)Cc1noc(CC2CCNCC2)n1. The predicted molar refractivity (Wildman–Crippen MR) is 53.4 cm³/mol. The molecule has 2 rings (SSSR count). The third kappa shape index (κ3) is 3.99. The summed E-state index contributed by atoms with van der Waals surface area (Å²) in [6.45, 7) is 1.88. The van der Waals surface area contributed by atoms with Crippen molar-refractivity contribution in [3.8, 4) is 0 Å². The molecule has 96 valence electrons. The smallest absolute Gasteiger partial charge is 0.339 e. The van der Waals surface area contributed by atoms with Gasteiger partial charge in [-0.05, 0) is 31.8 Å². The molecule has 1 aromatic heterocycles. The molecule has 17 heavy (non-hydrogen) atoms. The Labute approximate surface area is 96.6 Å². The second-order valence-electron chi connectivity index (χ2n) is 4.29. The fourth-order valence-corrected chi connectivity index (χ4v) is 1.96. The normalized spacial score (nSPS) is 18.5. The molecule has 1 aliphatic heterocycles. The summed E-state index contributed by atoms with van der Waals surface area (Å²) in [5.74, 6) is 0.466. The van der Waals surface area contributed by atoms with E-state index >= 15 is 0 Å². The van der Waals surface area contributed by atoms with Gasteiger partial charge >= 0.3 is 6.18 Å². The third-order valence-corrected chi connectivity index (χ3v) is 2.79. The van der Waals surface area contributed by atoms with Gasteiger partial charge in [-0.25, -0.2) is 0 Å². The van der Waals surface area contributed by atoms with Crippen molar-refractivity contribution in [3.05, 3.63) is 11.7 Å². The first kappa shape index (κ1) is 12.3. The van der Waals surface area contributed by atoms with Gasteiger partial charge in [0.25, 0.3) is 0 Å². The van der Waals surface area contributed by atoms with Crippen molar-refractivity contribution >= 4 is 0 Å². The molecular weight excluding hydrogens is 235 g/mol. The Kier molecular flexibility index (Phi) is 3.66. The van der Waals surface area contributed by atoms with Gasteiger partial charge in [0.1, 0.15) is 6.42 Å². The molecule has 0 unspecified atom stereocenters. The van der Waals surface area contributed by atoms with Crippen molar-refractivity contribution in [1.29, 1.82) is 0 Å². The van der Waals surface area contributed by atoms with Gasteiger partial charge in [-0.15, -0.1) is 0 Å². The highest BCUT2D eigenvalue weighted by Gasteiger charge is 2.30. The van der Waals surface area contributed by atoms with Crippen LogP contribution >= 0.6 is 0 Å². The van der Waals surface area contributed by atoms with Crippen LogP contribution in [0.4, 0.5) is 13.2 Å². The van der Waals surface area contributed by atoms with E-state index in [1.54, 1.807) is 0 Å². The first-order valence-electron chi connectivity index (χ1n) is 5.62. The van der Waals surface area contributed by atoms with Crippen LogP contribution in [0.1, 0.15) is 24.6 Å². The maximum Gasteiger partial charge on any atom is 0.396 e. The molecule has 0 amide bonds. The molecule has 0 radical (unpaired) electrons. The number of halogens is 3. The lowest BCUT2D eigenvalue weighted by Gasteiger charge is -2.20. The van der Waals surface area contributed by atoms with E-state index in [-0.39, 0.29) is 5.82 Å². The summed E-state index contributed by atoms with van der Waals surface area (Å²) in [7, 11) is 0. The summed E-state index contributed by atoms with van der Waals surface area (Å²) in [4.78, 5) is 3.77. The Hall–Kier alpha value is -1.11. The number of nitrogens with one attached hydrogen (secondary N) is 1. The van der Waals surface area contributed by atoms with Gasteiger partial charge in [-0.2, -0.15) is 18.2 Å². The zero-order valence-electron chi connectivity index (χ0n) is 9.26. The molecule has 1 fully saturated rings. The fraction of sp³-hybridized carbons (Fsp3) is 0.800. The van der Waals surface area contributed by atoms with Crippen molar-refractivity contribution in [2.45, 2.75) is 31.9 Å². The molecule has 0 aromatic carbocycles. The summed E-state index contributed by atoms with van der Waals surface area (Å²) in [5.41, 5.74) is 0. The molecule has 1 aliphatic rings. The minimum Gasteiger partial charge on any atom is -0.339 e. The highest BCUT2D eigenvalue weighted by Crippen LogP contribution is 2.21. The first-order chi connectivity index (χ1) is 8.03. The van der Waals surface area contributed by atoms with E-state index < -0.39 is 12.6 Å². The summed E-state index contributed by atoms with van der Waals surface area (Å²) >= 11 is 0. The average Bonchev–Trinajstić information content (AvgIpc) is 2.64. The van der Waals surface area contributed by atoms with Crippen LogP contribution in [-0.2, 0) is 12.8 Å². The number of hydrogen-bond acceptors (Lipinski definition) is 4. The van der Waals surface area contributed by atoms with Gasteiger partial charge in [0.2, 0.25) is 5.89 Å². The van der Waals surface area contributed by atoms with Crippen molar-refractivity contribution in [2.75, 3.05) is 13.1 Å². The maximum absolute atomic E-state index is 12.1. The lowest BCUT2D eigenvalue weighted by Crippen LogP contribution is -2.28. The van der Waals surface area contributed by atoms with E-state index in [0.717, 1.165) is 25.9 Å². The molecule has 7 heteroatoms. The van der Waals surface area contributed by atoms with Crippen molar-refractivity contribution in [1.82, 2.24) is 15.5 Å². The summed E-state index contributed by atoms with van der Waals surface area (Å²) in [6.07, 6.45) is -2.83. The number of piperidine rings is 1. The van der Waals surface area contributed by atoms with Crippen LogP contribution < -0.4 is 5.32 Å². The largest absolute Gasteiger partial charge is 0.396 e. The summed E-state index contributed by atoms with van der Waals surface area (Å²) in [5, 5.41) is 6.57. The number of rotatable bonds is 3. The number of aromatic nitrogens is 2. The van der Waals surface area contributed by atoms with Gasteiger partial charge in [-0.3, -0.25) is 0 Å². The van der Waals surface area contributed by atoms with E-state index in [9.17, 15) is 13.2 Å². The number of alkyl halides is 3. The molecule has 0 spiro atoms. The van der Waals surface area contributed by atoms with Crippen LogP contribution in [0.3, 0.4) is 0 Å².